The second-order valence-electron chi connectivity index (χ2n) is 5.91. The molecule has 3 aromatic heterocycles. The SMILES string of the molecule is COc1ccc(-c2cc(O)n3nc(C)c(-c4ccc(F)cc4F)c3n2)cn1. The number of fused-ring (bicyclic) bond motifs is 1. The van der Waals surface area contributed by atoms with Gasteiger partial charge in [0.15, 0.2) is 5.65 Å². The molecule has 0 saturated carbocycles. The number of pyridine rings is 1. The Morgan fingerprint density at radius 1 is 1.11 bits per heavy atom. The molecule has 0 spiro atoms. The van der Waals surface area contributed by atoms with E-state index in [2.05, 4.69) is 15.1 Å². The molecule has 0 atom stereocenters. The third kappa shape index (κ3) is 2.84. The number of hydrogen-bond donors (Lipinski definition) is 1. The van der Waals surface area contributed by atoms with Gasteiger partial charge in [-0.3, -0.25) is 0 Å². The minimum Gasteiger partial charge on any atom is -0.493 e. The summed E-state index contributed by atoms with van der Waals surface area (Å²) in [6.07, 6.45) is 1.55. The second kappa shape index (κ2) is 6.31. The molecule has 8 heteroatoms. The molecular weight excluding hydrogens is 354 g/mol. The van der Waals surface area contributed by atoms with E-state index in [4.69, 9.17) is 4.74 Å². The molecule has 1 aromatic carbocycles. The van der Waals surface area contributed by atoms with E-state index in [0.29, 0.717) is 28.4 Å². The van der Waals surface area contributed by atoms with E-state index in [1.165, 1.54) is 29.8 Å². The lowest BCUT2D eigenvalue weighted by Gasteiger charge is -2.07. The first-order valence-electron chi connectivity index (χ1n) is 8.03. The monoisotopic (exact) mass is 368 g/mol. The van der Waals surface area contributed by atoms with Crippen LogP contribution < -0.4 is 4.74 Å². The molecule has 3 heterocycles. The molecule has 1 N–H and O–H groups in total. The predicted molar refractivity (Wildman–Crippen MR) is 94.5 cm³/mol. The van der Waals surface area contributed by atoms with Crippen molar-refractivity contribution in [2.75, 3.05) is 7.11 Å². The van der Waals surface area contributed by atoms with Gasteiger partial charge in [-0.05, 0) is 25.1 Å². The van der Waals surface area contributed by atoms with Crippen LogP contribution >= 0.6 is 0 Å². The molecule has 0 aliphatic heterocycles. The maximum atomic E-state index is 14.3. The van der Waals surface area contributed by atoms with Crippen molar-refractivity contribution in [3.8, 4) is 34.1 Å². The van der Waals surface area contributed by atoms with Crippen molar-refractivity contribution in [3.05, 3.63) is 59.9 Å². The van der Waals surface area contributed by atoms with Crippen LogP contribution in [-0.4, -0.2) is 31.8 Å². The fourth-order valence-electron chi connectivity index (χ4n) is 2.92. The second-order valence-corrected chi connectivity index (χ2v) is 5.91. The number of halogens is 2. The van der Waals surface area contributed by atoms with E-state index in [1.807, 2.05) is 0 Å². The standard InChI is InChI=1S/C19H14F2N4O2/c1-10-18(13-5-4-12(20)7-14(13)21)19-23-15(8-17(26)25(19)24-10)11-3-6-16(27-2)22-9-11/h3-9,26H,1-2H3. The number of aromatic nitrogens is 4. The van der Waals surface area contributed by atoms with E-state index in [0.717, 1.165) is 6.07 Å². The summed E-state index contributed by atoms with van der Waals surface area (Å²) in [7, 11) is 1.51. The predicted octanol–water partition coefficient (Wildman–Crippen LogP) is 3.76. The molecule has 0 unspecified atom stereocenters. The number of methoxy groups -OCH3 is 1. The molecule has 6 nitrogen and oxygen atoms in total. The van der Waals surface area contributed by atoms with Gasteiger partial charge in [0.25, 0.3) is 0 Å². The lowest BCUT2D eigenvalue weighted by atomic mass is 10.1. The highest BCUT2D eigenvalue weighted by atomic mass is 19.1. The van der Waals surface area contributed by atoms with E-state index in [9.17, 15) is 13.9 Å². The van der Waals surface area contributed by atoms with Crippen LogP contribution in [0.5, 0.6) is 11.8 Å². The van der Waals surface area contributed by atoms with Crippen LogP contribution in [0, 0.1) is 18.6 Å². The first-order valence-corrected chi connectivity index (χ1v) is 8.03. The smallest absolute Gasteiger partial charge is 0.216 e. The Hall–Kier alpha value is -3.55. The number of rotatable bonds is 3. The number of aryl methyl sites for hydroxylation is 1. The molecule has 0 aliphatic carbocycles. The van der Waals surface area contributed by atoms with Crippen molar-refractivity contribution >= 4 is 5.65 Å². The van der Waals surface area contributed by atoms with E-state index >= 15 is 0 Å². The quantitative estimate of drug-likeness (QED) is 0.596. The molecule has 0 aliphatic rings. The Morgan fingerprint density at radius 3 is 2.59 bits per heavy atom. The number of aromatic hydroxyl groups is 1. The van der Waals surface area contributed by atoms with Gasteiger partial charge in [-0.2, -0.15) is 9.61 Å². The third-order valence-corrected chi connectivity index (χ3v) is 4.19. The number of benzene rings is 1. The molecular formula is C19H14F2N4O2. The van der Waals surface area contributed by atoms with Crippen molar-refractivity contribution in [1.29, 1.82) is 0 Å². The lowest BCUT2D eigenvalue weighted by Crippen LogP contribution is -1.96. The zero-order valence-electron chi connectivity index (χ0n) is 14.4. The Morgan fingerprint density at radius 2 is 1.93 bits per heavy atom. The molecule has 0 fully saturated rings. The summed E-state index contributed by atoms with van der Waals surface area (Å²) in [5.74, 6) is -1.13. The largest absolute Gasteiger partial charge is 0.493 e. The maximum absolute atomic E-state index is 14.3. The van der Waals surface area contributed by atoms with E-state index < -0.39 is 11.6 Å². The van der Waals surface area contributed by atoms with Gasteiger partial charge in [-0.1, -0.05) is 0 Å². The zero-order chi connectivity index (χ0) is 19.1. The highest BCUT2D eigenvalue weighted by molar-refractivity contribution is 5.82. The highest BCUT2D eigenvalue weighted by Gasteiger charge is 2.20. The van der Waals surface area contributed by atoms with Crippen molar-refractivity contribution < 1.29 is 18.6 Å². The number of hydrogen-bond acceptors (Lipinski definition) is 5. The summed E-state index contributed by atoms with van der Waals surface area (Å²) in [6, 6.07) is 8.14. The van der Waals surface area contributed by atoms with Gasteiger partial charge in [0.2, 0.25) is 11.8 Å². The number of nitrogens with zero attached hydrogens (tertiary/aromatic N) is 4. The van der Waals surface area contributed by atoms with Crippen LogP contribution in [-0.2, 0) is 0 Å². The fourth-order valence-corrected chi connectivity index (χ4v) is 2.92. The Labute approximate surface area is 152 Å². The first-order chi connectivity index (χ1) is 13.0. The van der Waals surface area contributed by atoms with Gasteiger partial charge >= 0.3 is 0 Å². The molecule has 0 saturated heterocycles. The van der Waals surface area contributed by atoms with Crippen molar-refractivity contribution in [1.82, 2.24) is 19.6 Å². The lowest BCUT2D eigenvalue weighted by molar-refractivity contribution is 0.398. The van der Waals surface area contributed by atoms with Crippen LogP contribution in [0.25, 0.3) is 28.0 Å². The summed E-state index contributed by atoms with van der Waals surface area (Å²) in [6.45, 7) is 1.67. The van der Waals surface area contributed by atoms with Gasteiger partial charge in [0.05, 0.1) is 24.1 Å². The van der Waals surface area contributed by atoms with E-state index in [1.54, 1.807) is 25.3 Å². The van der Waals surface area contributed by atoms with Gasteiger partial charge in [-0.25, -0.2) is 18.7 Å². The van der Waals surface area contributed by atoms with Crippen LogP contribution in [0.1, 0.15) is 5.69 Å². The maximum Gasteiger partial charge on any atom is 0.216 e. The molecule has 136 valence electrons. The molecule has 4 aromatic rings. The van der Waals surface area contributed by atoms with Gasteiger partial charge < -0.3 is 9.84 Å². The van der Waals surface area contributed by atoms with Gasteiger partial charge in [0.1, 0.15) is 11.6 Å². The topological polar surface area (TPSA) is 72.5 Å². The summed E-state index contributed by atoms with van der Waals surface area (Å²) >= 11 is 0. The molecule has 0 radical (unpaired) electrons. The summed E-state index contributed by atoms with van der Waals surface area (Å²) < 4.78 is 33.9. The Kier molecular flexibility index (Phi) is 3.95. The third-order valence-electron chi connectivity index (χ3n) is 4.19. The van der Waals surface area contributed by atoms with Gasteiger partial charge in [0, 0.05) is 35.5 Å². The van der Waals surface area contributed by atoms with E-state index in [-0.39, 0.29) is 17.1 Å². The molecule has 0 amide bonds. The Bertz CT molecular complexity index is 1160. The van der Waals surface area contributed by atoms with Crippen LogP contribution in [0.15, 0.2) is 42.6 Å². The molecule has 4 rings (SSSR count). The average Bonchev–Trinajstić information content (AvgIpc) is 2.98. The summed E-state index contributed by atoms with van der Waals surface area (Å²) in [4.78, 5) is 8.65. The van der Waals surface area contributed by atoms with Gasteiger partial charge in [-0.15, -0.1) is 0 Å². The molecule has 0 bridgehead atoms. The molecule has 27 heavy (non-hydrogen) atoms. The normalized spacial score (nSPS) is 11.1. The Balaban J connectivity index is 1.95. The summed E-state index contributed by atoms with van der Waals surface area (Å²) in [5, 5.41) is 14.6. The van der Waals surface area contributed by atoms with Crippen molar-refractivity contribution in [2.45, 2.75) is 6.92 Å². The fraction of sp³-hybridized carbons (Fsp3) is 0.105. The highest BCUT2D eigenvalue weighted by Crippen LogP contribution is 2.33. The average molecular weight is 368 g/mol. The first kappa shape index (κ1) is 16.9. The zero-order valence-corrected chi connectivity index (χ0v) is 14.4. The minimum atomic E-state index is -0.731. The summed E-state index contributed by atoms with van der Waals surface area (Å²) in [5.41, 5.74) is 2.31. The van der Waals surface area contributed by atoms with Crippen molar-refractivity contribution in [3.63, 3.8) is 0 Å². The van der Waals surface area contributed by atoms with Crippen molar-refractivity contribution in [2.24, 2.45) is 0 Å². The van der Waals surface area contributed by atoms with Crippen LogP contribution in [0.2, 0.25) is 0 Å². The van der Waals surface area contributed by atoms with Crippen LogP contribution in [0.4, 0.5) is 8.78 Å². The minimum absolute atomic E-state index is 0.154. The van der Waals surface area contributed by atoms with Crippen LogP contribution in [0.3, 0.4) is 0 Å². The number of ether oxygens (including phenoxy) is 1.